The first-order chi connectivity index (χ1) is 20.1. The molecule has 4 rings (SSSR count). The standard InChI is InChI=1S/C30H34N2O10/c1-16(2)27(34)41-24-17(3)40-30(37)21(15-39-29(36)20(24)14-18-8-6-5-7-9-18)32-26(33)23-25(22(38-4)12-13-31-23)42-28(35)19-10-11-19/h5-9,12-13,16-17,19-21,24H,10-11,14-15H2,1-4H3,(H,32,33). The van der Waals surface area contributed by atoms with E-state index in [1.54, 1.807) is 13.8 Å². The smallest absolute Gasteiger partial charge is 0.332 e. The zero-order chi connectivity index (χ0) is 30.4. The van der Waals surface area contributed by atoms with E-state index in [9.17, 15) is 24.0 Å². The van der Waals surface area contributed by atoms with E-state index >= 15 is 0 Å². The summed E-state index contributed by atoms with van der Waals surface area (Å²) in [4.78, 5) is 68.9. The highest BCUT2D eigenvalue weighted by atomic mass is 16.6. The Morgan fingerprint density at radius 1 is 1.07 bits per heavy atom. The molecule has 4 unspecified atom stereocenters. The number of nitrogens with zero attached hydrogens (tertiary/aromatic N) is 1. The first-order valence-corrected chi connectivity index (χ1v) is 13.8. The Bertz CT molecular complexity index is 1320. The molecule has 224 valence electrons. The zero-order valence-corrected chi connectivity index (χ0v) is 23.9. The van der Waals surface area contributed by atoms with Crippen LogP contribution in [0.3, 0.4) is 0 Å². The van der Waals surface area contributed by atoms with Crippen LogP contribution < -0.4 is 14.8 Å². The second-order valence-corrected chi connectivity index (χ2v) is 10.5. The van der Waals surface area contributed by atoms with Crippen LogP contribution in [0.15, 0.2) is 42.6 Å². The predicted octanol–water partition coefficient (Wildman–Crippen LogP) is 2.42. The van der Waals surface area contributed by atoms with Gasteiger partial charge >= 0.3 is 23.9 Å². The number of pyridine rings is 1. The van der Waals surface area contributed by atoms with Crippen molar-refractivity contribution in [3.63, 3.8) is 0 Å². The van der Waals surface area contributed by atoms with Crippen molar-refractivity contribution in [2.45, 2.75) is 58.3 Å². The molecule has 1 saturated heterocycles. The molecule has 2 heterocycles. The largest absolute Gasteiger partial charge is 0.493 e. The van der Waals surface area contributed by atoms with E-state index in [-0.39, 0.29) is 29.5 Å². The number of carbonyl (C=O) groups is 5. The highest BCUT2D eigenvalue weighted by molar-refractivity contribution is 5.99. The van der Waals surface area contributed by atoms with Crippen LogP contribution in [-0.4, -0.2) is 66.7 Å². The van der Waals surface area contributed by atoms with Crippen molar-refractivity contribution in [2.24, 2.45) is 17.8 Å². The molecule has 2 aromatic rings. The summed E-state index contributed by atoms with van der Waals surface area (Å²) in [5, 5.41) is 2.46. The summed E-state index contributed by atoms with van der Waals surface area (Å²) in [6.07, 6.45) is 0.577. The molecular weight excluding hydrogens is 548 g/mol. The lowest BCUT2D eigenvalue weighted by Crippen LogP contribution is -2.47. The third-order valence-electron chi connectivity index (χ3n) is 6.88. The summed E-state index contributed by atoms with van der Waals surface area (Å²) in [5.41, 5.74) is 0.478. The summed E-state index contributed by atoms with van der Waals surface area (Å²) < 4.78 is 27.5. The van der Waals surface area contributed by atoms with Crippen LogP contribution >= 0.6 is 0 Å². The molecule has 12 nitrogen and oxygen atoms in total. The number of esters is 4. The maximum atomic E-state index is 13.4. The van der Waals surface area contributed by atoms with Gasteiger partial charge in [-0.3, -0.25) is 19.2 Å². The van der Waals surface area contributed by atoms with Crippen molar-refractivity contribution in [1.82, 2.24) is 10.3 Å². The first kappa shape index (κ1) is 30.5. The molecule has 1 amide bonds. The second kappa shape index (κ2) is 13.5. The van der Waals surface area contributed by atoms with Crippen LogP contribution in [0.2, 0.25) is 0 Å². The van der Waals surface area contributed by atoms with Gasteiger partial charge in [0.05, 0.1) is 18.9 Å². The van der Waals surface area contributed by atoms with Gasteiger partial charge in [0.2, 0.25) is 5.75 Å². The second-order valence-electron chi connectivity index (χ2n) is 10.5. The topological polar surface area (TPSA) is 156 Å². The molecule has 1 aliphatic heterocycles. The first-order valence-electron chi connectivity index (χ1n) is 13.8. The molecule has 2 aliphatic rings. The molecule has 0 radical (unpaired) electrons. The number of cyclic esters (lactones) is 2. The third-order valence-corrected chi connectivity index (χ3v) is 6.88. The minimum Gasteiger partial charge on any atom is -0.493 e. The minimum absolute atomic E-state index is 0.0970. The maximum Gasteiger partial charge on any atom is 0.332 e. The normalized spacial score (nSPS) is 22.5. The molecule has 1 saturated carbocycles. The van der Waals surface area contributed by atoms with E-state index < -0.39 is 66.5 Å². The SMILES string of the molecule is COc1ccnc(C(=O)NC2COC(=O)C(Cc3ccccc3)C(OC(=O)C(C)C)C(C)OC2=O)c1OC(=O)C1CC1. The molecule has 42 heavy (non-hydrogen) atoms. The molecule has 0 spiro atoms. The Balaban J connectivity index is 1.58. The number of methoxy groups -OCH3 is 1. The van der Waals surface area contributed by atoms with E-state index in [0.717, 1.165) is 5.56 Å². The number of benzene rings is 1. The van der Waals surface area contributed by atoms with E-state index in [1.165, 1.54) is 26.3 Å². The number of aromatic nitrogens is 1. The fourth-order valence-electron chi connectivity index (χ4n) is 4.33. The summed E-state index contributed by atoms with van der Waals surface area (Å²) >= 11 is 0. The molecule has 1 N–H and O–H groups in total. The number of rotatable bonds is 9. The van der Waals surface area contributed by atoms with Crippen LogP contribution in [0.25, 0.3) is 0 Å². The average molecular weight is 583 g/mol. The van der Waals surface area contributed by atoms with Gasteiger partial charge in [0.15, 0.2) is 23.6 Å². The number of hydrogen-bond donors (Lipinski definition) is 1. The number of hydrogen-bond acceptors (Lipinski definition) is 11. The van der Waals surface area contributed by atoms with Crippen molar-refractivity contribution in [1.29, 1.82) is 0 Å². The predicted molar refractivity (Wildman–Crippen MR) is 145 cm³/mol. The minimum atomic E-state index is -1.44. The van der Waals surface area contributed by atoms with Crippen molar-refractivity contribution >= 4 is 29.8 Å². The van der Waals surface area contributed by atoms with Gasteiger partial charge in [0, 0.05) is 12.3 Å². The van der Waals surface area contributed by atoms with Crippen molar-refractivity contribution < 1.29 is 47.7 Å². The summed E-state index contributed by atoms with van der Waals surface area (Å²) in [7, 11) is 1.34. The van der Waals surface area contributed by atoms with Crippen molar-refractivity contribution in [2.75, 3.05) is 13.7 Å². The number of nitrogens with one attached hydrogen (secondary N) is 1. The van der Waals surface area contributed by atoms with Gasteiger partial charge in [-0.15, -0.1) is 0 Å². The number of amides is 1. The van der Waals surface area contributed by atoms with Crippen LogP contribution in [0.1, 0.15) is 49.7 Å². The summed E-state index contributed by atoms with van der Waals surface area (Å²) in [5.74, 6) is -5.50. The third kappa shape index (κ3) is 7.42. The van der Waals surface area contributed by atoms with Gasteiger partial charge in [0.1, 0.15) is 18.6 Å². The van der Waals surface area contributed by atoms with Crippen LogP contribution in [0.5, 0.6) is 11.5 Å². The maximum absolute atomic E-state index is 13.4. The molecule has 4 atom stereocenters. The zero-order valence-electron chi connectivity index (χ0n) is 23.9. The van der Waals surface area contributed by atoms with E-state index in [1.807, 2.05) is 30.3 Å². The lowest BCUT2D eigenvalue weighted by molar-refractivity contribution is -0.176. The average Bonchev–Trinajstić information content (AvgIpc) is 3.82. The Labute approximate surface area is 243 Å². The number of ether oxygens (including phenoxy) is 5. The van der Waals surface area contributed by atoms with Gasteiger partial charge in [-0.1, -0.05) is 44.2 Å². The monoisotopic (exact) mass is 582 g/mol. The van der Waals surface area contributed by atoms with Crippen LogP contribution in [-0.2, 0) is 39.8 Å². The van der Waals surface area contributed by atoms with E-state index in [0.29, 0.717) is 12.8 Å². The van der Waals surface area contributed by atoms with Gasteiger partial charge in [0.25, 0.3) is 5.91 Å². The van der Waals surface area contributed by atoms with E-state index in [2.05, 4.69) is 10.3 Å². The van der Waals surface area contributed by atoms with Gasteiger partial charge in [-0.25, -0.2) is 9.78 Å². The van der Waals surface area contributed by atoms with Gasteiger partial charge in [-0.05, 0) is 31.7 Å². The molecule has 2 fully saturated rings. The van der Waals surface area contributed by atoms with Crippen molar-refractivity contribution in [3.05, 3.63) is 53.9 Å². The van der Waals surface area contributed by atoms with Crippen LogP contribution in [0, 0.1) is 17.8 Å². The van der Waals surface area contributed by atoms with E-state index in [4.69, 9.17) is 23.7 Å². The molecule has 0 bridgehead atoms. The quantitative estimate of drug-likeness (QED) is 0.342. The lowest BCUT2D eigenvalue weighted by atomic mass is 9.91. The molecule has 1 aromatic carbocycles. The Kier molecular flexibility index (Phi) is 9.76. The molecule has 1 aliphatic carbocycles. The van der Waals surface area contributed by atoms with Crippen molar-refractivity contribution in [3.8, 4) is 11.5 Å². The Morgan fingerprint density at radius 2 is 1.79 bits per heavy atom. The van der Waals surface area contributed by atoms with Gasteiger partial charge in [-0.2, -0.15) is 0 Å². The highest BCUT2D eigenvalue weighted by Gasteiger charge is 2.42. The molecular formula is C30H34N2O10. The molecule has 1 aromatic heterocycles. The van der Waals surface area contributed by atoms with Crippen LogP contribution in [0.4, 0.5) is 0 Å². The Morgan fingerprint density at radius 3 is 2.43 bits per heavy atom. The lowest BCUT2D eigenvalue weighted by Gasteiger charge is -2.29. The fraction of sp³-hybridized carbons (Fsp3) is 0.467. The molecule has 12 heteroatoms. The van der Waals surface area contributed by atoms with Gasteiger partial charge < -0.3 is 29.0 Å². The Hall–Kier alpha value is -4.48. The fourth-order valence-corrected chi connectivity index (χ4v) is 4.33. The summed E-state index contributed by atoms with van der Waals surface area (Å²) in [6.45, 7) is 4.23. The highest BCUT2D eigenvalue weighted by Crippen LogP contribution is 2.35. The summed E-state index contributed by atoms with van der Waals surface area (Å²) in [6, 6.07) is 9.06. The number of carbonyl (C=O) groups excluding carboxylic acids is 5.